The van der Waals surface area contributed by atoms with E-state index in [0.717, 1.165) is 11.7 Å². The second-order valence-corrected chi connectivity index (χ2v) is 7.93. The predicted octanol–water partition coefficient (Wildman–Crippen LogP) is 4.89. The van der Waals surface area contributed by atoms with Crippen LogP contribution in [0.1, 0.15) is 63.4 Å². The largest absolute Gasteiger partial charge is 0.358 e. The van der Waals surface area contributed by atoms with Gasteiger partial charge < -0.3 is 10.2 Å². The van der Waals surface area contributed by atoms with Gasteiger partial charge in [0.2, 0.25) is 0 Å². The average molecular weight is 331 g/mol. The van der Waals surface area contributed by atoms with Gasteiger partial charge in [0.1, 0.15) is 0 Å². The molecule has 2 fully saturated rings. The number of hydrogen-bond acceptors (Lipinski definition) is 1. The number of hydrogen-bond donors (Lipinski definition) is 1. The van der Waals surface area contributed by atoms with E-state index in [0.29, 0.717) is 11.5 Å². The molecule has 3 rings (SSSR count). The molecule has 0 atom stereocenters. The van der Waals surface area contributed by atoms with E-state index in [9.17, 15) is 0 Å². The molecule has 2 nitrogen and oxygen atoms in total. The monoisotopic (exact) mass is 330 g/mol. The van der Waals surface area contributed by atoms with Crippen molar-refractivity contribution in [2.45, 2.75) is 70.4 Å². The summed E-state index contributed by atoms with van der Waals surface area (Å²) in [6.45, 7) is 0.820. The maximum atomic E-state index is 5.62. The van der Waals surface area contributed by atoms with Crippen molar-refractivity contribution in [3.8, 4) is 0 Å². The van der Waals surface area contributed by atoms with Gasteiger partial charge in [-0.05, 0) is 61.7 Å². The van der Waals surface area contributed by atoms with Crippen molar-refractivity contribution in [2.75, 3.05) is 7.05 Å². The second-order valence-electron chi connectivity index (χ2n) is 7.55. The molecule has 1 aromatic carbocycles. The Hall–Kier alpha value is -1.09. The van der Waals surface area contributed by atoms with E-state index in [4.69, 9.17) is 12.2 Å². The molecule has 2 saturated carbocycles. The highest BCUT2D eigenvalue weighted by Gasteiger charge is 2.37. The van der Waals surface area contributed by atoms with Crippen LogP contribution in [0.4, 0.5) is 0 Å². The van der Waals surface area contributed by atoms with E-state index in [1.165, 1.54) is 63.4 Å². The molecule has 23 heavy (non-hydrogen) atoms. The summed E-state index contributed by atoms with van der Waals surface area (Å²) in [5.74, 6) is 0. The summed E-state index contributed by atoms with van der Waals surface area (Å²) in [4.78, 5) is 2.31. The topological polar surface area (TPSA) is 15.3 Å². The van der Waals surface area contributed by atoms with Crippen LogP contribution in [-0.2, 0) is 6.54 Å². The van der Waals surface area contributed by atoms with Crippen LogP contribution in [0.3, 0.4) is 0 Å². The van der Waals surface area contributed by atoms with Crippen LogP contribution in [0.25, 0.3) is 0 Å². The van der Waals surface area contributed by atoms with Gasteiger partial charge >= 0.3 is 0 Å². The minimum absolute atomic E-state index is 0.623. The summed E-state index contributed by atoms with van der Waals surface area (Å²) < 4.78 is 0. The summed E-state index contributed by atoms with van der Waals surface area (Å²) in [5.41, 5.74) is 1.97. The third-order valence-corrected chi connectivity index (χ3v) is 6.52. The van der Waals surface area contributed by atoms with Crippen molar-refractivity contribution in [3.05, 3.63) is 35.9 Å². The van der Waals surface area contributed by atoms with Crippen LogP contribution in [0, 0.1) is 5.41 Å². The first-order chi connectivity index (χ1) is 11.2. The molecule has 1 aromatic rings. The zero-order chi connectivity index (χ0) is 16.1. The van der Waals surface area contributed by atoms with Crippen LogP contribution >= 0.6 is 12.2 Å². The van der Waals surface area contributed by atoms with Gasteiger partial charge in [-0.1, -0.05) is 49.6 Å². The number of nitrogens with zero attached hydrogens (tertiary/aromatic N) is 1. The molecule has 0 bridgehead atoms. The SMILES string of the molecule is CN(C(=S)NCc1ccccc1)C1CCC2(CCCCC2)CC1. The molecule has 0 aliphatic heterocycles. The Balaban J connectivity index is 1.46. The number of thiocarbonyl (C=S) groups is 1. The number of rotatable bonds is 3. The fourth-order valence-electron chi connectivity index (χ4n) is 4.47. The van der Waals surface area contributed by atoms with Gasteiger partial charge in [0.05, 0.1) is 0 Å². The smallest absolute Gasteiger partial charge is 0.169 e. The molecule has 1 spiro atoms. The number of nitrogens with one attached hydrogen (secondary N) is 1. The standard InChI is InChI=1S/C20H30N2S/c1-22(19(23)21-16-17-8-4-2-5-9-17)18-10-14-20(15-11-18)12-6-3-7-13-20/h2,4-5,8-9,18H,3,6-7,10-16H2,1H3,(H,21,23). The van der Waals surface area contributed by atoms with Crippen molar-refractivity contribution in [3.63, 3.8) is 0 Å². The van der Waals surface area contributed by atoms with Crippen LogP contribution in [-0.4, -0.2) is 23.1 Å². The Kier molecular flexibility index (Phi) is 5.58. The van der Waals surface area contributed by atoms with Crippen LogP contribution < -0.4 is 5.32 Å². The van der Waals surface area contributed by atoms with Crippen molar-refractivity contribution in [2.24, 2.45) is 5.41 Å². The maximum Gasteiger partial charge on any atom is 0.169 e. The highest BCUT2D eigenvalue weighted by atomic mass is 32.1. The predicted molar refractivity (Wildman–Crippen MR) is 101 cm³/mol. The maximum absolute atomic E-state index is 5.62. The highest BCUT2D eigenvalue weighted by Crippen LogP contribution is 2.48. The normalized spacial score (nSPS) is 21.1. The van der Waals surface area contributed by atoms with Gasteiger partial charge in [0.25, 0.3) is 0 Å². The van der Waals surface area contributed by atoms with Crippen molar-refractivity contribution in [1.29, 1.82) is 0 Å². The highest BCUT2D eigenvalue weighted by molar-refractivity contribution is 7.80. The van der Waals surface area contributed by atoms with E-state index < -0.39 is 0 Å². The quantitative estimate of drug-likeness (QED) is 0.795. The van der Waals surface area contributed by atoms with Gasteiger partial charge in [0.15, 0.2) is 5.11 Å². The van der Waals surface area contributed by atoms with Crippen LogP contribution in [0.5, 0.6) is 0 Å². The first-order valence-corrected chi connectivity index (χ1v) is 9.64. The summed E-state index contributed by atoms with van der Waals surface area (Å²) >= 11 is 5.62. The third-order valence-electron chi connectivity index (χ3n) is 6.08. The molecule has 1 N–H and O–H groups in total. The van der Waals surface area contributed by atoms with E-state index in [-0.39, 0.29) is 0 Å². The first kappa shape index (κ1) is 16.8. The van der Waals surface area contributed by atoms with Gasteiger partial charge in [-0.2, -0.15) is 0 Å². The molecule has 2 aliphatic rings. The minimum atomic E-state index is 0.623. The summed E-state index contributed by atoms with van der Waals surface area (Å²) in [6.07, 6.45) is 12.7. The first-order valence-electron chi connectivity index (χ1n) is 9.23. The number of benzene rings is 1. The molecule has 0 aromatic heterocycles. The van der Waals surface area contributed by atoms with E-state index in [1.807, 2.05) is 0 Å². The fourth-order valence-corrected chi connectivity index (χ4v) is 4.69. The van der Waals surface area contributed by atoms with Crippen molar-refractivity contribution in [1.82, 2.24) is 10.2 Å². The average Bonchev–Trinajstić information content (AvgIpc) is 2.61. The molecule has 0 radical (unpaired) electrons. The Labute approximate surface area is 146 Å². The van der Waals surface area contributed by atoms with Crippen LogP contribution in [0.2, 0.25) is 0 Å². The van der Waals surface area contributed by atoms with Gasteiger partial charge in [-0.3, -0.25) is 0 Å². The zero-order valence-corrected chi connectivity index (χ0v) is 15.2. The molecule has 3 heteroatoms. The second kappa shape index (κ2) is 7.65. The lowest BCUT2D eigenvalue weighted by molar-refractivity contribution is 0.0897. The minimum Gasteiger partial charge on any atom is -0.358 e. The Bertz CT molecular complexity index is 498. The molecule has 0 amide bonds. The molecule has 0 unspecified atom stereocenters. The molecule has 0 saturated heterocycles. The van der Waals surface area contributed by atoms with Gasteiger partial charge in [-0.15, -0.1) is 0 Å². The van der Waals surface area contributed by atoms with Gasteiger partial charge in [-0.25, -0.2) is 0 Å². The molecular formula is C20H30N2S. The molecule has 0 heterocycles. The van der Waals surface area contributed by atoms with E-state index in [2.05, 4.69) is 47.6 Å². The lowest BCUT2D eigenvalue weighted by Gasteiger charge is -2.45. The van der Waals surface area contributed by atoms with Crippen molar-refractivity contribution >= 4 is 17.3 Å². The van der Waals surface area contributed by atoms with Crippen molar-refractivity contribution < 1.29 is 0 Å². The van der Waals surface area contributed by atoms with E-state index >= 15 is 0 Å². The molecule has 2 aliphatic carbocycles. The third kappa shape index (κ3) is 4.26. The fraction of sp³-hybridized carbons (Fsp3) is 0.650. The van der Waals surface area contributed by atoms with E-state index in [1.54, 1.807) is 0 Å². The lowest BCUT2D eigenvalue weighted by atomic mass is 9.64. The molecular weight excluding hydrogens is 300 g/mol. The Morgan fingerprint density at radius 3 is 2.39 bits per heavy atom. The molecule has 126 valence electrons. The zero-order valence-electron chi connectivity index (χ0n) is 14.4. The summed E-state index contributed by atoms with van der Waals surface area (Å²) in [6, 6.07) is 11.1. The van der Waals surface area contributed by atoms with Gasteiger partial charge in [0, 0.05) is 19.6 Å². The lowest BCUT2D eigenvalue weighted by Crippen LogP contribution is -2.46. The van der Waals surface area contributed by atoms with Crippen LogP contribution in [0.15, 0.2) is 30.3 Å². The Morgan fingerprint density at radius 1 is 1.09 bits per heavy atom. The Morgan fingerprint density at radius 2 is 1.74 bits per heavy atom. The summed E-state index contributed by atoms with van der Waals surface area (Å²) in [5, 5.41) is 4.33. The summed E-state index contributed by atoms with van der Waals surface area (Å²) in [7, 11) is 2.17.